The van der Waals surface area contributed by atoms with E-state index < -0.39 is 0 Å². The van der Waals surface area contributed by atoms with E-state index in [0.29, 0.717) is 36.1 Å². The Morgan fingerprint density at radius 2 is 1.84 bits per heavy atom. The van der Waals surface area contributed by atoms with Crippen LogP contribution in [0.3, 0.4) is 0 Å². The second-order valence-corrected chi connectivity index (χ2v) is 6.07. The van der Waals surface area contributed by atoms with Crippen LogP contribution in [0.15, 0.2) is 59.1 Å². The Balaban J connectivity index is 1.40. The maximum absolute atomic E-state index is 11.9. The van der Waals surface area contributed by atoms with E-state index in [4.69, 9.17) is 16.1 Å². The standard InChI is InChI=1S/C19H18ClN3O2/c20-16-10-8-14(9-11-16)13-17(24)21-12-4-7-18-22-19(23-25-18)15-5-2-1-3-6-15/h1-3,5-6,8-11H,4,7,12-13H2,(H,21,24). The average Bonchev–Trinajstić information content (AvgIpc) is 3.10. The Bertz CT molecular complexity index is 816. The summed E-state index contributed by atoms with van der Waals surface area (Å²) in [6.45, 7) is 0.565. The van der Waals surface area contributed by atoms with Gasteiger partial charge in [0.25, 0.3) is 0 Å². The fourth-order valence-electron chi connectivity index (χ4n) is 2.38. The highest BCUT2D eigenvalue weighted by atomic mass is 35.5. The number of hydrogen-bond donors (Lipinski definition) is 1. The summed E-state index contributed by atoms with van der Waals surface area (Å²) in [5.74, 6) is 1.14. The third kappa shape index (κ3) is 5.16. The normalized spacial score (nSPS) is 10.6. The maximum atomic E-state index is 11.9. The molecule has 5 nitrogen and oxygen atoms in total. The van der Waals surface area contributed by atoms with Crippen molar-refractivity contribution in [3.05, 3.63) is 71.1 Å². The third-order valence-electron chi connectivity index (χ3n) is 3.67. The molecule has 1 amide bonds. The molecular weight excluding hydrogens is 338 g/mol. The van der Waals surface area contributed by atoms with Crippen LogP contribution < -0.4 is 5.32 Å². The zero-order valence-electron chi connectivity index (χ0n) is 13.6. The first-order valence-electron chi connectivity index (χ1n) is 8.10. The highest BCUT2D eigenvalue weighted by molar-refractivity contribution is 6.30. The fraction of sp³-hybridized carbons (Fsp3) is 0.211. The zero-order valence-corrected chi connectivity index (χ0v) is 14.4. The van der Waals surface area contributed by atoms with Crippen molar-refractivity contribution in [3.8, 4) is 11.4 Å². The zero-order chi connectivity index (χ0) is 17.5. The summed E-state index contributed by atoms with van der Waals surface area (Å²) in [5.41, 5.74) is 1.86. The van der Waals surface area contributed by atoms with Gasteiger partial charge in [-0.25, -0.2) is 0 Å². The van der Waals surface area contributed by atoms with Crippen molar-refractivity contribution in [1.29, 1.82) is 0 Å². The van der Waals surface area contributed by atoms with Gasteiger partial charge in [0.05, 0.1) is 6.42 Å². The molecule has 1 N–H and O–H groups in total. The van der Waals surface area contributed by atoms with Crippen LogP contribution in [0.5, 0.6) is 0 Å². The molecule has 25 heavy (non-hydrogen) atoms. The lowest BCUT2D eigenvalue weighted by Gasteiger charge is -2.04. The predicted molar refractivity (Wildman–Crippen MR) is 96.2 cm³/mol. The molecule has 0 fully saturated rings. The van der Waals surface area contributed by atoms with Gasteiger partial charge in [-0.05, 0) is 24.1 Å². The molecule has 0 aliphatic heterocycles. The van der Waals surface area contributed by atoms with Crippen LogP contribution in [0.4, 0.5) is 0 Å². The van der Waals surface area contributed by atoms with Crippen LogP contribution in [-0.4, -0.2) is 22.6 Å². The minimum atomic E-state index is -0.0159. The molecule has 0 saturated heterocycles. The highest BCUT2D eigenvalue weighted by Crippen LogP contribution is 2.15. The Labute approximate surface area is 151 Å². The van der Waals surface area contributed by atoms with E-state index in [9.17, 15) is 4.79 Å². The van der Waals surface area contributed by atoms with Crippen LogP contribution in [0.25, 0.3) is 11.4 Å². The fourth-order valence-corrected chi connectivity index (χ4v) is 2.50. The van der Waals surface area contributed by atoms with Crippen molar-refractivity contribution >= 4 is 17.5 Å². The Morgan fingerprint density at radius 1 is 1.08 bits per heavy atom. The number of benzene rings is 2. The number of carbonyl (C=O) groups is 1. The lowest BCUT2D eigenvalue weighted by atomic mass is 10.1. The molecule has 2 aromatic carbocycles. The van der Waals surface area contributed by atoms with Crippen LogP contribution in [-0.2, 0) is 17.6 Å². The molecule has 6 heteroatoms. The largest absolute Gasteiger partial charge is 0.356 e. The van der Waals surface area contributed by atoms with Gasteiger partial charge >= 0.3 is 0 Å². The number of rotatable bonds is 7. The third-order valence-corrected chi connectivity index (χ3v) is 3.92. The summed E-state index contributed by atoms with van der Waals surface area (Å²) in [7, 11) is 0. The molecule has 0 atom stereocenters. The topological polar surface area (TPSA) is 68.0 Å². The monoisotopic (exact) mass is 355 g/mol. The van der Waals surface area contributed by atoms with Crippen molar-refractivity contribution in [1.82, 2.24) is 15.5 Å². The van der Waals surface area contributed by atoms with Gasteiger partial charge in [-0.3, -0.25) is 4.79 Å². The molecular formula is C19H18ClN3O2. The van der Waals surface area contributed by atoms with Crippen molar-refractivity contribution in [3.63, 3.8) is 0 Å². The van der Waals surface area contributed by atoms with E-state index in [1.54, 1.807) is 12.1 Å². The van der Waals surface area contributed by atoms with Gasteiger partial charge < -0.3 is 9.84 Å². The van der Waals surface area contributed by atoms with E-state index in [0.717, 1.165) is 17.5 Å². The lowest BCUT2D eigenvalue weighted by molar-refractivity contribution is -0.120. The minimum Gasteiger partial charge on any atom is -0.356 e. The van der Waals surface area contributed by atoms with Crippen LogP contribution in [0.2, 0.25) is 5.02 Å². The second kappa shape index (κ2) is 8.44. The first-order chi connectivity index (χ1) is 12.2. The van der Waals surface area contributed by atoms with Gasteiger partial charge in [0.2, 0.25) is 17.6 Å². The summed E-state index contributed by atoms with van der Waals surface area (Å²) in [6.07, 6.45) is 1.71. The van der Waals surface area contributed by atoms with Crippen LogP contribution in [0, 0.1) is 0 Å². The summed E-state index contributed by atoms with van der Waals surface area (Å²) >= 11 is 5.83. The number of nitrogens with zero attached hydrogens (tertiary/aromatic N) is 2. The smallest absolute Gasteiger partial charge is 0.227 e. The highest BCUT2D eigenvalue weighted by Gasteiger charge is 2.08. The number of aryl methyl sites for hydroxylation is 1. The van der Waals surface area contributed by atoms with Gasteiger partial charge in [-0.15, -0.1) is 0 Å². The van der Waals surface area contributed by atoms with E-state index in [2.05, 4.69) is 15.5 Å². The SMILES string of the molecule is O=C(Cc1ccc(Cl)cc1)NCCCc1nc(-c2ccccc2)no1. The summed E-state index contributed by atoms with van der Waals surface area (Å²) < 4.78 is 5.25. The van der Waals surface area contributed by atoms with Crippen molar-refractivity contribution in [2.24, 2.45) is 0 Å². The maximum Gasteiger partial charge on any atom is 0.227 e. The Morgan fingerprint density at radius 3 is 2.60 bits per heavy atom. The molecule has 0 unspecified atom stereocenters. The van der Waals surface area contributed by atoms with Crippen LogP contribution in [0.1, 0.15) is 17.9 Å². The average molecular weight is 356 g/mol. The Hall–Kier alpha value is -2.66. The molecule has 0 spiro atoms. The number of carbonyl (C=O) groups excluding carboxylic acids is 1. The lowest BCUT2D eigenvalue weighted by Crippen LogP contribution is -2.26. The molecule has 3 aromatic rings. The minimum absolute atomic E-state index is 0.0159. The van der Waals surface area contributed by atoms with Gasteiger partial charge in [-0.1, -0.05) is 59.2 Å². The van der Waals surface area contributed by atoms with Crippen LogP contribution >= 0.6 is 11.6 Å². The van der Waals surface area contributed by atoms with E-state index in [-0.39, 0.29) is 5.91 Å². The van der Waals surface area contributed by atoms with E-state index in [1.165, 1.54) is 0 Å². The van der Waals surface area contributed by atoms with Gasteiger partial charge in [0.15, 0.2) is 0 Å². The first kappa shape index (κ1) is 17.2. The first-order valence-corrected chi connectivity index (χ1v) is 8.47. The van der Waals surface area contributed by atoms with Crippen molar-refractivity contribution in [2.45, 2.75) is 19.3 Å². The van der Waals surface area contributed by atoms with Gasteiger partial charge in [0.1, 0.15) is 0 Å². The number of nitrogens with one attached hydrogen (secondary N) is 1. The quantitative estimate of drug-likeness (QED) is 0.656. The summed E-state index contributed by atoms with van der Waals surface area (Å²) in [4.78, 5) is 16.3. The molecule has 1 heterocycles. The predicted octanol–water partition coefficient (Wildman–Crippen LogP) is 3.68. The van der Waals surface area contributed by atoms with Crippen molar-refractivity contribution in [2.75, 3.05) is 6.54 Å². The number of halogens is 1. The summed E-state index contributed by atoms with van der Waals surface area (Å²) in [6, 6.07) is 16.9. The number of amides is 1. The molecule has 0 aliphatic carbocycles. The van der Waals surface area contributed by atoms with E-state index in [1.807, 2.05) is 42.5 Å². The van der Waals surface area contributed by atoms with Gasteiger partial charge in [0, 0.05) is 23.6 Å². The van der Waals surface area contributed by atoms with Gasteiger partial charge in [-0.2, -0.15) is 4.98 Å². The molecule has 0 radical (unpaired) electrons. The van der Waals surface area contributed by atoms with E-state index >= 15 is 0 Å². The molecule has 0 saturated carbocycles. The number of hydrogen-bond acceptors (Lipinski definition) is 4. The number of aromatic nitrogens is 2. The molecule has 1 aromatic heterocycles. The Kier molecular flexibility index (Phi) is 5.80. The molecule has 0 bridgehead atoms. The summed E-state index contributed by atoms with van der Waals surface area (Å²) in [5, 5.41) is 7.54. The second-order valence-electron chi connectivity index (χ2n) is 5.63. The van der Waals surface area contributed by atoms with Crippen molar-refractivity contribution < 1.29 is 9.32 Å². The molecule has 0 aliphatic rings. The molecule has 3 rings (SSSR count). The molecule has 128 valence electrons.